The second-order valence-corrected chi connectivity index (χ2v) is 4.84. The average Bonchev–Trinajstić information content (AvgIpc) is 2.36. The Labute approximate surface area is 109 Å². The molecule has 1 rings (SSSR count). The molecule has 0 aromatic heterocycles. The van der Waals surface area contributed by atoms with Crippen LogP contribution in [0.5, 0.6) is 0 Å². The summed E-state index contributed by atoms with van der Waals surface area (Å²) in [5.41, 5.74) is 0. The number of nitrogens with zero attached hydrogens (tertiary/aromatic N) is 1. The predicted molar refractivity (Wildman–Crippen MR) is 69.1 cm³/mol. The van der Waals surface area contributed by atoms with Gasteiger partial charge in [0.1, 0.15) is 13.2 Å². The number of nitrogens with one attached hydrogen (secondary N) is 1. The SMILES string of the molecule is CCCNC(CN1C(=O)COCC1=O)C(C)CC. The molecular formula is C13H24N2O3. The maximum atomic E-state index is 11.7. The second kappa shape index (κ2) is 7.48. The van der Waals surface area contributed by atoms with Gasteiger partial charge in [0, 0.05) is 12.6 Å². The Hall–Kier alpha value is -0.940. The standard InChI is InChI=1S/C13H24N2O3/c1-4-6-14-11(10(3)5-2)7-15-12(16)8-18-9-13(15)17/h10-11,14H,4-9H2,1-3H3. The summed E-state index contributed by atoms with van der Waals surface area (Å²) in [5, 5.41) is 3.42. The van der Waals surface area contributed by atoms with Crippen molar-refractivity contribution in [3.63, 3.8) is 0 Å². The highest BCUT2D eigenvalue weighted by molar-refractivity contribution is 5.98. The molecule has 0 spiro atoms. The van der Waals surface area contributed by atoms with Crippen LogP contribution < -0.4 is 5.32 Å². The first kappa shape index (κ1) is 15.1. The number of imide groups is 1. The average molecular weight is 256 g/mol. The number of amides is 2. The highest BCUT2D eigenvalue weighted by atomic mass is 16.5. The van der Waals surface area contributed by atoms with E-state index in [9.17, 15) is 9.59 Å². The maximum Gasteiger partial charge on any atom is 0.255 e. The zero-order chi connectivity index (χ0) is 13.5. The first-order valence-electron chi connectivity index (χ1n) is 6.74. The van der Waals surface area contributed by atoms with Crippen LogP contribution in [0, 0.1) is 5.92 Å². The van der Waals surface area contributed by atoms with E-state index in [2.05, 4.69) is 26.1 Å². The molecule has 0 aliphatic carbocycles. The minimum atomic E-state index is -0.224. The molecule has 0 bridgehead atoms. The molecule has 5 nitrogen and oxygen atoms in total. The van der Waals surface area contributed by atoms with Crippen molar-refractivity contribution in [3.05, 3.63) is 0 Å². The van der Waals surface area contributed by atoms with Crippen molar-refractivity contribution in [1.82, 2.24) is 10.2 Å². The number of carbonyl (C=O) groups is 2. The predicted octanol–water partition coefficient (Wildman–Crippen LogP) is 0.786. The summed E-state index contributed by atoms with van der Waals surface area (Å²) in [7, 11) is 0. The van der Waals surface area contributed by atoms with Gasteiger partial charge < -0.3 is 10.1 Å². The highest BCUT2D eigenvalue weighted by Crippen LogP contribution is 2.11. The second-order valence-electron chi connectivity index (χ2n) is 4.84. The molecule has 0 radical (unpaired) electrons. The van der Waals surface area contributed by atoms with Crippen molar-refractivity contribution in [2.75, 3.05) is 26.3 Å². The van der Waals surface area contributed by atoms with Gasteiger partial charge in [0.25, 0.3) is 11.8 Å². The zero-order valence-corrected chi connectivity index (χ0v) is 11.6. The molecule has 2 atom stereocenters. The molecule has 1 N–H and O–H groups in total. The largest absolute Gasteiger partial charge is 0.362 e. The van der Waals surface area contributed by atoms with Crippen molar-refractivity contribution in [3.8, 4) is 0 Å². The van der Waals surface area contributed by atoms with E-state index in [1.165, 1.54) is 4.90 Å². The van der Waals surface area contributed by atoms with Gasteiger partial charge in [0.05, 0.1) is 0 Å². The number of hydrogen-bond acceptors (Lipinski definition) is 4. The van der Waals surface area contributed by atoms with Gasteiger partial charge in [-0.2, -0.15) is 0 Å². The normalized spacial score (nSPS) is 20.1. The number of rotatable bonds is 7. The number of ether oxygens (including phenoxy) is 1. The molecule has 1 saturated heterocycles. The van der Waals surface area contributed by atoms with Crippen LogP contribution in [0.2, 0.25) is 0 Å². The Morgan fingerprint density at radius 2 is 1.89 bits per heavy atom. The molecule has 1 heterocycles. The lowest BCUT2D eigenvalue weighted by atomic mass is 9.98. The van der Waals surface area contributed by atoms with E-state index < -0.39 is 0 Å². The smallest absolute Gasteiger partial charge is 0.255 e. The molecule has 5 heteroatoms. The molecule has 0 aromatic rings. The molecule has 1 aliphatic heterocycles. The molecule has 1 fully saturated rings. The van der Waals surface area contributed by atoms with E-state index in [0.717, 1.165) is 19.4 Å². The number of morpholine rings is 1. The maximum absolute atomic E-state index is 11.7. The van der Waals surface area contributed by atoms with Crippen molar-refractivity contribution in [2.45, 2.75) is 39.7 Å². The summed E-state index contributed by atoms with van der Waals surface area (Å²) in [6, 6.07) is 0.168. The van der Waals surface area contributed by atoms with Gasteiger partial charge in [-0.05, 0) is 18.9 Å². The van der Waals surface area contributed by atoms with Gasteiger partial charge >= 0.3 is 0 Å². The lowest BCUT2D eigenvalue weighted by Crippen LogP contribution is -2.53. The van der Waals surface area contributed by atoms with Gasteiger partial charge in [-0.3, -0.25) is 14.5 Å². The summed E-state index contributed by atoms with van der Waals surface area (Å²) in [6.45, 7) is 7.76. The Kier molecular flexibility index (Phi) is 6.29. The molecule has 2 amide bonds. The van der Waals surface area contributed by atoms with Gasteiger partial charge in [-0.25, -0.2) is 0 Å². The fourth-order valence-corrected chi connectivity index (χ4v) is 1.98. The summed E-state index contributed by atoms with van der Waals surface area (Å²) in [6.07, 6.45) is 2.06. The van der Waals surface area contributed by atoms with E-state index in [-0.39, 0.29) is 31.1 Å². The van der Waals surface area contributed by atoms with Crippen LogP contribution in [0.25, 0.3) is 0 Å². The molecule has 18 heavy (non-hydrogen) atoms. The fraction of sp³-hybridized carbons (Fsp3) is 0.846. The molecule has 104 valence electrons. The van der Waals surface area contributed by atoms with Crippen LogP contribution >= 0.6 is 0 Å². The van der Waals surface area contributed by atoms with Crippen molar-refractivity contribution < 1.29 is 14.3 Å². The van der Waals surface area contributed by atoms with Crippen LogP contribution in [0.1, 0.15) is 33.6 Å². The number of hydrogen-bond donors (Lipinski definition) is 1. The van der Waals surface area contributed by atoms with Crippen molar-refractivity contribution >= 4 is 11.8 Å². The number of carbonyl (C=O) groups excluding carboxylic acids is 2. The Balaban J connectivity index is 2.62. The molecule has 2 unspecified atom stereocenters. The van der Waals surface area contributed by atoms with Crippen LogP contribution in [-0.4, -0.2) is 49.1 Å². The third kappa shape index (κ3) is 4.07. The summed E-state index contributed by atoms with van der Waals surface area (Å²) >= 11 is 0. The Morgan fingerprint density at radius 1 is 1.28 bits per heavy atom. The first-order chi connectivity index (χ1) is 8.60. The zero-order valence-electron chi connectivity index (χ0n) is 11.6. The summed E-state index contributed by atoms with van der Waals surface area (Å²) in [4.78, 5) is 24.7. The van der Waals surface area contributed by atoms with Crippen LogP contribution in [0.4, 0.5) is 0 Å². The lowest BCUT2D eigenvalue weighted by molar-refractivity contribution is -0.159. The molecular weight excluding hydrogens is 232 g/mol. The van der Waals surface area contributed by atoms with E-state index in [1.807, 2.05) is 0 Å². The third-order valence-corrected chi connectivity index (χ3v) is 3.42. The summed E-state index contributed by atoms with van der Waals surface area (Å²) < 4.78 is 4.91. The minimum Gasteiger partial charge on any atom is -0.362 e. The van der Waals surface area contributed by atoms with Gasteiger partial charge in [0.15, 0.2) is 0 Å². The fourth-order valence-electron chi connectivity index (χ4n) is 1.98. The Bertz CT molecular complexity index is 278. The monoisotopic (exact) mass is 256 g/mol. The summed E-state index contributed by atoms with van der Waals surface area (Å²) in [5.74, 6) is -0.0179. The topological polar surface area (TPSA) is 58.6 Å². The Morgan fingerprint density at radius 3 is 2.39 bits per heavy atom. The van der Waals surface area contributed by atoms with Gasteiger partial charge in [-0.1, -0.05) is 27.2 Å². The van der Waals surface area contributed by atoms with Crippen molar-refractivity contribution in [1.29, 1.82) is 0 Å². The minimum absolute atomic E-state index is 0.0206. The van der Waals surface area contributed by atoms with E-state index in [0.29, 0.717) is 12.5 Å². The first-order valence-corrected chi connectivity index (χ1v) is 6.74. The molecule has 1 aliphatic rings. The van der Waals surface area contributed by atoms with E-state index >= 15 is 0 Å². The van der Waals surface area contributed by atoms with Gasteiger partial charge in [-0.15, -0.1) is 0 Å². The van der Waals surface area contributed by atoms with Crippen LogP contribution in [0.3, 0.4) is 0 Å². The van der Waals surface area contributed by atoms with E-state index in [4.69, 9.17) is 4.74 Å². The molecule has 0 saturated carbocycles. The van der Waals surface area contributed by atoms with Gasteiger partial charge in [0.2, 0.25) is 0 Å². The quantitative estimate of drug-likeness (QED) is 0.684. The lowest BCUT2D eigenvalue weighted by Gasteiger charge is -2.32. The molecule has 0 aromatic carbocycles. The van der Waals surface area contributed by atoms with Crippen LogP contribution in [-0.2, 0) is 14.3 Å². The van der Waals surface area contributed by atoms with Crippen molar-refractivity contribution in [2.24, 2.45) is 5.92 Å². The third-order valence-electron chi connectivity index (χ3n) is 3.42. The van der Waals surface area contributed by atoms with Crippen LogP contribution in [0.15, 0.2) is 0 Å². The highest BCUT2D eigenvalue weighted by Gasteiger charge is 2.30. The van der Waals surface area contributed by atoms with E-state index in [1.54, 1.807) is 0 Å².